The average molecular weight is 548 g/mol. The molecule has 2 heterocycles. The van der Waals surface area contributed by atoms with Crippen LogP contribution < -0.4 is 15.4 Å². The molecule has 1 saturated heterocycles. The van der Waals surface area contributed by atoms with E-state index in [0.717, 1.165) is 45.0 Å². The molecule has 1 amide bonds. The minimum absolute atomic E-state index is 0. The van der Waals surface area contributed by atoms with E-state index in [2.05, 4.69) is 25.5 Å². The molecule has 0 aromatic carbocycles. The van der Waals surface area contributed by atoms with Crippen molar-refractivity contribution in [2.45, 2.75) is 32.9 Å². The summed E-state index contributed by atoms with van der Waals surface area (Å²) in [4.78, 5) is 24.8. The first-order valence-corrected chi connectivity index (χ1v) is 10.4. The van der Waals surface area contributed by atoms with Crippen LogP contribution in [0.5, 0.6) is 5.88 Å². The van der Waals surface area contributed by atoms with Crippen LogP contribution in [0.15, 0.2) is 23.3 Å². The minimum Gasteiger partial charge on any atom is -0.472 e. The van der Waals surface area contributed by atoms with Crippen LogP contribution in [0.4, 0.5) is 0 Å². The Bertz CT molecular complexity index is 685. The predicted molar refractivity (Wildman–Crippen MR) is 133 cm³/mol. The second-order valence-corrected chi connectivity index (χ2v) is 8.41. The number of rotatable bonds is 8. The molecule has 176 valence electrons. The van der Waals surface area contributed by atoms with E-state index in [1.165, 1.54) is 0 Å². The monoisotopic (exact) mass is 548 g/mol. The van der Waals surface area contributed by atoms with Crippen LogP contribution in [-0.2, 0) is 16.1 Å². The summed E-state index contributed by atoms with van der Waals surface area (Å²) in [6.07, 6.45) is 1.76. The number of carbonyl (C=O) groups excluding carboxylic acids is 1. The average Bonchev–Trinajstić information content (AvgIpc) is 2.70. The summed E-state index contributed by atoms with van der Waals surface area (Å²) in [6, 6.07) is 3.80. The number of nitrogens with zero attached hydrogens (tertiary/aromatic N) is 4. The van der Waals surface area contributed by atoms with E-state index < -0.39 is 0 Å². The number of pyridine rings is 1. The van der Waals surface area contributed by atoms with Crippen molar-refractivity contribution < 1.29 is 14.3 Å². The van der Waals surface area contributed by atoms with Gasteiger partial charge in [0.2, 0.25) is 11.8 Å². The molecule has 0 spiro atoms. The molecule has 0 unspecified atom stereocenters. The van der Waals surface area contributed by atoms with E-state index in [0.29, 0.717) is 18.4 Å². The summed E-state index contributed by atoms with van der Waals surface area (Å²) in [6.45, 7) is 11.7. The molecule has 1 aliphatic heterocycles. The van der Waals surface area contributed by atoms with E-state index in [1.807, 2.05) is 32.9 Å². The van der Waals surface area contributed by atoms with Crippen LogP contribution >= 0.6 is 24.0 Å². The van der Waals surface area contributed by atoms with Gasteiger partial charge in [-0.3, -0.25) is 9.69 Å². The first-order chi connectivity index (χ1) is 14.2. The number of nitrogens with one attached hydrogen (secondary N) is 2. The quantitative estimate of drug-likeness (QED) is 0.288. The molecule has 1 aromatic rings. The van der Waals surface area contributed by atoms with E-state index in [1.54, 1.807) is 25.2 Å². The zero-order chi connectivity index (χ0) is 22.0. The molecule has 0 bridgehead atoms. The van der Waals surface area contributed by atoms with Gasteiger partial charge in [-0.15, -0.1) is 24.0 Å². The fraction of sp³-hybridized carbons (Fsp3) is 0.667. The first-order valence-electron chi connectivity index (χ1n) is 10.4. The molecule has 0 saturated carbocycles. The smallest absolute Gasteiger partial charge is 0.241 e. The molecule has 0 aliphatic carbocycles. The molecule has 0 radical (unpaired) electrons. The number of ether oxygens (including phenoxy) is 2. The van der Waals surface area contributed by atoms with Crippen molar-refractivity contribution in [2.24, 2.45) is 4.99 Å². The Labute approximate surface area is 203 Å². The second kappa shape index (κ2) is 13.7. The van der Waals surface area contributed by atoms with Gasteiger partial charge in [-0.25, -0.2) is 9.98 Å². The lowest BCUT2D eigenvalue weighted by Crippen LogP contribution is -2.46. The molecular weight excluding hydrogens is 511 g/mol. The number of aromatic nitrogens is 1. The molecule has 0 atom stereocenters. The van der Waals surface area contributed by atoms with E-state index >= 15 is 0 Å². The summed E-state index contributed by atoms with van der Waals surface area (Å²) in [5.74, 6) is 1.19. The van der Waals surface area contributed by atoms with Gasteiger partial charge in [0.25, 0.3) is 0 Å². The number of hydrogen-bond acceptors (Lipinski definition) is 6. The lowest BCUT2D eigenvalue weighted by molar-refractivity contribution is -0.127. The highest BCUT2D eigenvalue weighted by Gasteiger charge is 2.13. The number of amides is 1. The second-order valence-electron chi connectivity index (χ2n) is 8.41. The van der Waals surface area contributed by atoms with Crippen LogP contribution in [0.25, 0.3) is 0 Å². The van der Waals surface area contributed by atoms with Crippen molar-refractivity contribution in [1.82, 2.24) is 25.4 Å². The maximum Gasteiger partial charge on any atom is 0.241 e. The van der Waals surface area contributed by atoms with Gasteiger partial charge >= 0.3 is 0 Å². The molecular formula is C21H37IN6O3. The fourth-order valence-corrected chi connectivity index (χ4v) is 2.70. The summed E-state index contributed by atoms with van der Waals surface area (Å²) in [7, 11) is 3.47. The lowest BCUT2D eigenvalue weighted by Gasteiger charge is -2.26. The van der Waals surface area contributed by atoms with Gasteiger partial charge in [0, 0.05) is 52.5 Å². The Kier molecular flexibility index (Phi) is 12.1. The number of guanidine groups is 1. The lowest BCUT2D eigenvalue weighted by atomic mass is 10.2. The molecule has 1 aromatic heterocycles. The van der Waals surface area contributed by atoms with Crippen molar-refractivity contribution in [2.75, 3.05) is 60.0 Å². The van der Waals surface area contributed by atoms with Crippen LogP contribution in [0.3, 0.4) is 0 Å². The molecule has 1 aliphatic rings. The third-order valence-corrected chi connectivity index (χ3v) is 4.36. The van der Waals surface area contributed by atoms with E-state index in [9.17, 15) is 4.79 Å². The summed E-state index contributed by atoms with van der Waals surface area (Å²) in [5.41, 5.74) is 0.678. The van der Waals surface area contributed by atoms with Gasteiger partial charge in [0.15, 0.2) is 5.96 Å². The number of hydrogen-bond donors (Lipinski definition) is 2. The number of morpholine rings is 1. The van der Waals surface area contributed by atoms with Gasteiger partial charge in [0.05, 0.1) is 26.3 Å². The van der Waals surface area contributed by atoms with E-state index in [4.69, 9.17) is 9.47 Å². The Morgan fingerprint density at radius 1 is 1.26 bits per heavy atom. The topological polar surface area (TPSA) is 91.3 Å². The maximum absolute atomic E-state index is 11.9. The van der Waals surface area contributed by atoms with Gasteiger partial charge in [-0.05, 0) is 26.3 Å². The molecule has 9 nitrogen and oxygen atoms in total. The van der Waals surface area contributed by atoms with Crippen LogP contribution in [0.2, 0.25) is 0 Å². The summed E-state index contributed by atoms with van der Waals surface area (Å²) < 4.78 is 11.1. The number of aliphatic imine (C=N–C) groups is 1. The Hall–Kier alpha value is -1.66. The predicted octanol–water partition coefficient (Wildman–Crippen LogP) is 1.33. The highest BCUT2D eigenvalue weighted by molar-refractivity contribution is 14.0. The Balaban J connectivity index is 0.00000480. The zero-order valence-corrected chi connectivity index (χ0v) is 21.6. The van der Waals surface area contributed by atoms with Gasteiger partial charge in [-0.2, -0.15) is 0 Å². The number of halogens is 1. The largest absolute Gasteiger partial charge is 0.472 e. The van der Waals surface area contributed by atoms with Crippen LogP contribution in [-0.4, -0.2) is 92.3 Å². The Morgan fingerprint density at radius 2 is 1.97 bits per heavy atom. The van der Waals surface area contributed by atoms with Crippen molar-refractivity contribution in [1.29, 1.82) is 0 Å². The normalized spacial score (nSPS) is 15.1. The molecule has 1 fully saturated rings. The molecule has 31 heavy (non-hydrogen) atoms. The number of likely N-dealkylation sites (N-methyl/N-ethyl adjacent to an activating group) is 1. The fourth-order valence-electron chi connectivity index (χ4n) is 2.70. The third-order valence-electron chi connectivity index (χ3n) is 4.36. The molecule has 2 N–H and O–H groups in total. The van der Waals surface area contributed by atoms with Gasteiger partial charge in [-0.1, -0.05) is 6.07 Å². The van der Waals surface area contributed by atoms with Crippen molar-refractivity contribution in [3.8, 4) is 5.88 Å². The SMILES string of the molecule is CN(C)C(=O)CNC(=NCc1ccc(OC(C)(C)C)nc1)NCCN1CCOCC1.I. The minimum atomic E-state index is -0.285. The zero-order valence-electron chi connectivity index (χ0n) is 19.3. The molecule has 2 rings (SSSR count). The van der Waals surface area contributed by atoms with Crippen molar-refractivity contribution in [3.05, 3.63) is 23.9 Å². The van der Waals surface area contributed by atoms with Crippen LogP contribution in [0, 0.1) is 0 Å². The van der Waals surface area contributed by atoms with Crippen LogP contribution in [0.1, 0.15) is 26.3 Å². The number of carbonyl (C=O) groups is 1. The van der Waals surface area contributed by atoms with Gasteiger partial charge < -0.3 is 25.0 Å². The van der Waals surface area contributed by atoms with E-state index in [-0.39, 0.29) is 42.0 Å². The third kappa shape index (κ3) is 11.5. The summed E-state index contributed by atoms with van der Waals surface area (Å²) >= 11 is 0. The van der Waals surface area contributed by atoms with Crippen molar-refractivity contribution in [3.63, 3.8) is 0 Å². The summed E-state index contributed by atoms with van der Waals surface area (Å²) in [5, 5.41) is 6.43. The maximum atomic E-state index is 11.9. The first kappa shape index (κ1) is 27.4. The van der Waals surface area contributed by atoms with Crippen molar-refractivity contribution >= 4 is 35.8 Å². The molecule has 10 heteroatoms. The standard InChI is InChI=1S/C21H36N6O3.HI/c1-21(2,3)30-18-7-6-17(14-23-18)15-24-20(25-16-19(28)26(4)5)22-8-9-27-10-12-29-13-11-27;/h6-7,14H,8-13,15-16H2,1-5H3,(H2,22,24,25);1H. The highest BCUT2D eigenvalue weighted by Crippen LogP contribution is 2.15. The Morgan fingerprint density at radius 3 is 2.55 bits per heavy atom. The highest BCUT2D eigenvalue weighted by atomic mass is 127. The van der Waals surface area contributed by atoms with Gasteiger partial charge in [0.1, 0.15) is 5.60 Å².